The fourth-order valence-electron chi connectivity index (χ4n) is 3.04. The molecular weight excluding hydrogens is 546 g/mol. The summed E-state index contributed by atoms with van der Waals surface area (Å²) >= 11 is 0. The Morgan fingerprint density at radius 2 is 1.68 bits per heavy atom. The Hall–Kier alpha value is -3.60. The van der Waals surface area contributed by atoms with Gasteiger partial charge in [0.1, 0.15) is 6.04 Å². The topological polar surface area (TPSA) is 218 Å². The van der Waals surface area contributed by atoms with Gasteiger partial charge >= 0.3 is 134 Å². The van der Waals surface area contributed by atoms with Crippen molar-refractivity contribution in [2.24, 2.45) is 0 Å². The Kier molecular flexibility index (Phi) is 14.5. The molecule has 5 N–H and O–H groups in total. The molecule has 38 heavy (non-hydrogen) atoms. The molecule has 0 radical (unpaired) electrons. The first-order valence-corrected chi connectivity index (χ1v) is 12.7. The summed E-state index contributed by atoms with van der Waals surface area (Å²) in [6, 6.07) is -2.99. The zero-order chi connectivity index (χ0) is 28.7. The monoisotopic (exact) mass is 575 g/mol. The van der Waals surface area contributed by atoms with Crippen molar-refractivity contribution in [1.29, 1.82) is 0 Å². The van der Waals surface area contributed by atoms with Gasteiger partial charge in [0, 0.05) is 19.3 Å². The van der Waals surface area contributed by atoms with Crippen molar-refractivity contribution in [3.8, 4) is 6.13 Å². The molecule has 7 amide bonds. The maximum atomic E-state index is 12.5. The van der Waals surface area contributed by atoms with E-state index in [-0.39, 0.29) is 46.8 Å². The molecule has 1 saturated heterocycles. The van der Waals surface area contributed by atoms with Gasteiger partial charge in [0.2, 0.25) is 0 Å². The Labute approximate surface area is 221 Å². The number of hydrogen-bond donors (Lipinski definition) is 5. The van der Waals surface area contributed by atoms with Crippen molar-refractivity contribution in [1.82, 2.24) is 31.4 Å². The van der Waals surface area contributed by atoms with Crippen molar-refractivity contribution in [2.45, 2.75) is 57.5 Å². The molecule has 0 aliphatic carbocycles. The number of imide groups is 1. The minimum Gasteiger partial charge on any atom is -0.452 e. The molecule has 1 fully saturated rings. The average Bonchev–Trinajstić information content (AvgIpc) is 3.18. The van der Waals surface area contributed by atoms with E-state index in [0.717, 1.165) is 0 Å². The number of carbonyl (C=O) groups is 8. The van der Waals surface area contributed by atoms with Crippen LogP contribution in [0.1, 0.15) is 45.4 Å². The van der Waals surface area contributed by atoms with E-state index in [4.69, 9.17) is 11.0 Å². The van der Waals surface area contributed by atoms with Gasteiger partial charge in [-0.2, -0.15) is 0 Å². The second kappa shape index (κ2) is 17.0. The van der Waals surface area contributed by atoms with Crippen LogP contribution in [0.2, 0.25) is 0 Å². The van der Waals surface area contributed by atoms with E-state index in [1.165, 1.54) is 6.92 Å². The van der Waals surface area contributed by atoms with Gasteiger partial charge in [-0.05, 0) is 6.42 Å². The number of amides is 7. The molecule has 2 unspecified atom stereocenters. The molecule has 1 rings (SSSR count). The first kappa shape index (κ1) is 32.4. The fraction of sp³-hybridized carbons (Fsp3) is 0.550. The number of hydrogen-bond acceptors (Lipinski definition) is 10. The maximum absolute atomic E-state index is 12.5. The normalized spacial score (nSPS) is 14.0. The zero-order valence-electron chi connectivity index (χ0n) is 20.4. The van der Waals surface area contributed by atoms with E-state index in [0.29, 0.717) is 11.5 Å². The van der Waals surface area contributed by atoms with Crippen LogP contribution < -0.4 is 26.4 Å². The molecule has 0 aromatic rings. The quantitative estimate of drug-likeness (QED) is 0.0902. The van der Waals surface area contributed by atoms with E-state index < -0.39 is 66.1 Å². The van der Waals surface area contributed by atoms with Crippen molar-refractivity contribution in [2.75, 3.05) is 13.1 Å². The second-order valence-corrected chi connectivity index (χ2v) is 8.47. The predicted octanol–water partition coefficient (Wildman–Crippen LogP) is -1.66. The SMILES string of the molecule is C#[P+]NC(=O)NCCC[C@H](NC(C)=O)C(=O)NCC(=O)NC(CCC(=O)OP)C(=O)ON1C(=O)CCC1=O. The van der Waals surface area contributed by atoms with Crippen LogP contribution in [0.25, 0.3) is 0 Å². The Balaban J connectivity index is 2.70. The van der Waals surface area contributed by atoms with Gasteiger partial charge in [0.15, 0.2) is 0 Å². The molecule has 0 aromatic carbocycles. The number of carbonyl (C=O) groups excluding carboxylic acids is 8. The molecule has 3 atom stereocenters. The molecule has 0 bridgehead atoms. The van der Waals surface area contributed by atoms with E-state index in [1.54, 1.807) is 9.47 Å². The zero-order valence-corrected chi connectivity index (χ0v) is 22.5. The Morgan fingerprint density at radius 1 is 1.03 bits per heavy atom. The van der Waals surface area contributed by atoms with Gasteiger partial charge in [0.25, 0.3) is 11.8 Å². The van der Waals surface area contributed by atoms with Crippen LogP contribution in [0, 0.1) is 6.13 Å². The van der Waals surface area contributed by atoms with Gasteiger partial charge < -0.3 is 9.36 Å². The second-order valence-electron chi connectivity index (χ2n) is 7.75. The molecule has 0 saturated carbocycles. The molecule has 0 aromatic heterocycles. The van der Waals surface area contributed by atoms with E-state index in [1.807, 2.05) is 0 Å². The summed E-state index contributed by atoms with van der Waals surface area (Å²) in [5.41, 5.74) is 0. The number of hydroxylamine groups is 2. The summed E-state index contributed by atoms with van der Waals surface area (Å²) in [5, 5.41) is 12.1. The van der Waals surface area contributed by atoms with Crippen LogP contribution in [0.15, 0.2) is 0 Å². The first-order chi connectivity index (χ1) is 18.0. The summed E-state index contributed by atoms with van der Waals surface area (Å²) in [6.45, 7) is 0.755. The van der Waals surface area contributed by atoms with Gasteiger partial charge in [0.05, 0.1) is 9.47 Å². The Morgan fingerprint density at radius 3 is 2.26 bits per heavy atom. The number of rotatable bonds is 14. The Bertz CT molecular complexity index is 985. The van der Waals surface area contributed by atoms with E-state index in [9.17, 15) is 38.4 Å². The summed E-state index contributed by atoms with van der Waals surface area (Å²) in [7, 11) is 1.90. The van der Waals surface area contributed by atoms with Gasteiger partial charge in [-0.3, -0.25) is 14.4 Å². The van der Waals surface area contributed by atoms with Gasteiger partial charge in [-0.1, -0.05) is 0 Å². The summed E-state index contributed by atoms with van der Waals surface area (Å²) in [5.74, 6) is -5.44. The van der Waals surface area contributed by atoms with Crippen molar-refractivity contribution < 1.29 is 47.7 Å². The van der Waals surface area contributed by atoms with Crippen LogP contribution in [-0.4, -0.2) is 77.7 Å². The molecule has 18 heteroatoms. The summed E-state index contributed by atoms with van der Waals surface area (Å²) in [4.78, 5) is 100.0. The summed E-state index contributed by atoms with van der Waals surface area (Å²) < 4.78 is 4.43. The van der Waals surface area contributed by atoms with Crippen LogP contribution in [0.3, 0.4) is 0 Å². The van der Waals surface area contributed by atoms with Gasteiger partial charge in [-0.15, -0.1) is 5.06 Å². The number of urea groups is 1. The standard InChI is InChI=1S/C20H28N6O10P2/c1-11(27)23-12(4-3-9-21-20(34)25-38-2)18(32)22-10-14(28)24-13(5-8-17(31)36-37)19(33)35-26-15(29)6-7-16(26)30/h2,12-13H,3-10,37H2,1H3,(H4-,21,22,23,24,25,27,28,32,34)/p+1/t12-,13?/m0/s1. The average molecular weight is 575 g/mol. The van der Waals surface area contributed by atoms with Crippen LogP contribution in [0.4, 0.5) is 4.79 Å². The first-order valence-electron chi connectivity index (χ1n) is 11.2. The smallest absolute Gasteiger partial charge is 0.452 e. The minimum atomic E-state index is -1.46. The molecule has 1 aliphatic rings. The molecule has 1 aliphatic heterocycles. The van der Waals surface area contributed by atoms with E-state index in [2.05, 4.69) is 30.9 Å². The molecule has 0 spiro atoms. The third-order valence-electron chi connectivity index (χ3n) is 4.81. The fourth-order valence-corrected chi connectivity index (χ4v) is 3.35. The van der Waals surface area contributed by atoms with Crippen LogP contribution in [-0.2, 0) is 42.9 Å². The molecule has 16 nitrogen and oxygen atoms in total. The minimum absolute atomic E-state index is 0.123. The molecule has 208 valence electrons. The molecular formula is C20H29N6O10P2+. The molecule has 1 heterocycles. The van der Waals surface area contributed by atoms with Crippen molar-refractivity contribution in [3.05, 3.63) is 0 Å². The summed E-state index contributed by atoms with van der Waals surface area (Å²) in [6.07, 6.45) is 4.69. The van der Waals surface area contributed by atoms with Gasteiger partial charge in [-0.25, -0.2) is 4.79 Å². The van der Waals surface area contributed by atoms with Crippen molar-refractivity contribution >= 4 is 65.2 Å². The number of nitrogens with one attached hydrogen (secondary N) is 5. The number of nitrogens with zero attached hydrogens (tertiary/aromatic N) is 1. The van der Waals surface area contributed by atoms with Crippen molar-refractivity contribution in [3.63, 3.8) is 0 Å². The third kappa shape index (κ3) is 12.1. The van der Waals surface area contributed by atoms with Crippen LogP contribution in [0.5, 0.6) is 0 Å². The van der Waals surface area contributed by atoms with Crippen LogP contribution >= 0.6 is 17.7 Å². The van der Waals surface area contributed by atoms with E-state index >= 15 is 0 Å². The predicted molar refractivity (Wildman–Crippen MR) is 132 cm³/mol. The third-order valence-corrected chi connectivity index (χ3v) is 5.41.